The third kappa shape index (κ3) is 3.15. The number of hydrogen-bond donors (Lipinski definition) is 2. The first kappa shape index (κ1) is 13.9. The van der Waals surface area contributed by atoms with Crippen molar-refractivity contribution < 1.29 is 19.0 Å². The van der Waals surface area contributed by atoms with Crippen LogP contribution < -0.4 is 5.73 Å². The average Bonchev–Trinajstić information content (AvgIpc) is 2.24. The zero-order chi connectivity index (χ0) is 13.0. The highest BCUT2D eigenvalue weighted by atomic mass is 35.5. The van der Waals surface area contributed by atoms with Crippen molar-refractivity contribution in [1.82, 2.24) is 0 Å². The molecule has 0 fully saturated rings. The number of hydrogen-bond acceptors (Lipinski definition) is 3. The minimum Gasteiger partial charge on any atom is -0.481 e. The lowest BCUT2D eigenvalue weighted by Gasteiger charge is -2.13. The Bertz CT molecular complexity index is 402. The van der Waals surface area contributed by atoms with Gasteiger partial charge in [-0.15, -0.1) is 0 Å². The Morgan fingerprint density at radius 3 is 2.71 bits per heavy atom. The SMILES string of the molecule is COCc1c(F)cc(C(CN)C(=O)O)cc1Cl. The highest BCUT2D eigenvalue weighted by Crippen LogP contribution is 2.26. The van der Waals surface area contributed by atoms with Gasteiger partial charge in [0.25, 0.3) is 0 Å². The number of carbonyl (C=O) groups is 1. The topological polar surface area (TPSA) is 72.5 Å². The Labute approximate surface area is 103 Å². The second-order valence-corrected chi connectivity index (χ2v) is 3.93. The van der Waals surface area contributed by atoms with Crippen LogP contribution in [-0.2, 0) is 16.1 Å². The van der Waals surface area contributed by atoms with E-state index >= 15 is 0 Å². The molecule has 0 radical (unpaired) electrons. The molecule has 0 aliphatic rings. The molecule has 0 heterocycles. The quantitative estimate of drug-likeness (QED) is 0.847. The lowest BCUT2D eigenvalue weighted by atomic mass is 9.98. The van der Waals surface area contributed by atoms with E-state index in [1.165, 1.54) is 13.2 Å². The van der Waals surface area contributed by atoms with Crippen LogP contribution in [0.4, 0.5) is 4.39 Å². The number of nitrogens with two attached hydrogens (primary N) is 1. The van der Waals surface area contributed by atoms with E-state index in [-0.39, 0.29) is 29.3 Å². The summed E-state index contributed by atoms with van der Waals surface area (Å²) < 4.78 is 18.5. The van der Waals surface area contributed by atoms with Crippen molar-refractivity contribution in [3.63, 3.8) is 0 Å². The van der Waals surface area contributed by atoms with Gasteiger partial charge in [0.15, 0.2) is 0 Å². The molecule has 0 aromatic heterocycles. The molecule has 1 atom stereocenters. The van der Waals surface area contributed by atoms with Crippen LogP contribution in [0.2, 0.25) is 5.02 Å². The normalized spacial score (nSPS) is 12.5. The van der Waals surface area contributed by atoms with Gasteiger partial charge in [-0.25, -0.2) is 4.39 Å². The van der Waals surface area contributed by atoms with Gasteiger partial charge in [0, 0.05) is 24.2 Å². The molecule has 0 spiro atoms. The molecular formula is C11H13ClFNO3. The summed E-state index contributed by atoms with van der Waals surface area (Å²) >= 11 is 5.87. The fourth-order valence-corrected chi connectivity index (χ4v) is 1.76. The first-order valence-corrected chi connectivity index (χ1v) is 5.28. The van der Waals surface area contributed by atoms with Crippen LogP contribution in [0, 0.1) is 5.82 Å². The molecule has 1 aromatic carbocycles. The monoisotopic (exact) mass is 261 g/mol. The number of methoxy groups -OCH3 is 1. The van der Waals surface area contributed by atoms with E-state index in [4.69, 9.17) is 27.2 Å². The van der Waals surface area contributed by atoms with Crippen LogP contribution in [0.25, 0.3) is 0 Å². The lowest BCUT2D eigenvalue weighted by molar-refractivity contribution is -0.138. The van der Waals surface area contributed by atoms with Gasteiger partial charge in [0.05, 0.1) is 12.5 Å². The molecule has 0 aliphatic heterocycles. The maximum Gasteiger partial charge on any atom is 0.312 e. The van der Waals surface area contributed by atoms with E-state index in [2.05, 4.69) is 0 Å². The van der Waals surface area contributed by atoms with Gasteiger partial charge in [0.1, 0.15) is 5.82 Å². The van der Waals surface area contributed by atoms with Gasteiger partial charge in [-0.2, -0.15) is 0 Å². The molecule has 1 unspecified atom stereocenters. The first-order chi connectivity index (χ1) is 8.01. The van der Waals surface area contributed by atoms with Gasteiger partial charge in [-0.05, 0) is 17.7 Å². The average molecular weight is 262 g/mol. The third-order valence-corrected chi connectivity index (χ3v) is 2.73. The summed E-state index contributed by atoms with van der Waals surface area (Å²) in [4.78, 5) is 10.9. The van der Waals surface area contributed by atoms with Crippen molar-refractivity contribution in [3.8, 4) is 0 Å². The number of aliphatic carboxylic acids is 1. The number of benzene rings is 1. The first-order valence-electron chi connectivity index (χ1n) is 4.90. The Kier molecular flexibility index (Phi) is 4.86. The molecular weight excluding hydrogens is 249 g/mol. The van der Waals surface area contributed by atoms with Gasteiger partial charge in [0.2, 0.25) is 0 Å². The second kappa shape index (κ2) is 5.95. The number of halogens is 2. The number of carboxylic acid groups (broad SMARTS) is 1. The molecule has 0 amide bonds. The second-order valence-electron chi connectivity index (χ2n) is 3.52. The summed E-state index contributed by atoms with van der Waals surface area (Å²) in [6, 6.07) is 2.54. The Morgan fingerprint density at radius 1 is 1.65 bits per heavy atom. The molecule has 3 N–H and O–H groups in total. The maximum atomic E-state index is 13.7. The molecule has 4 nitrogen and oxygen atoms in total. The van der Waals surface area contributed by atoms with Crippen molar-refractivity contribution in [2.45, 2.75) is 12.5 Å². The van der Waals surface area contributed by atoms with Crippen LogP contribution in [-0.4, -0.2) is 24.7 Å². The van der Waals surface area contributed by atoms with E-state index in [0.717, 1.165) is 6.07 Å². The summed E-state index contributed by atoms with van der Waals surface area (Å²) in [5.74, 6) is -2.66. The minimum atomic E-state index is -1.11. The van der Waals surface area contributed by atoms with E-state index in [0.29, 0.717) is 0 Å². The summed E-state index contributed by atoms with van der Waals surface area (Å²) in [7, 11) is 1.42. The molecule has 17 heavy (non-hydrogen) atoms. The van der Waals surface area contributed by atoms with Crippen LogP contribution in [0.15, 0.2) is 12.1 Å². The molecule has 1 aromatic rings. The summed E-state index contributed by atoms with van der Waals surface area (Å²) in [6.45, 7) is -0.0833. The van der Waals surface area contributed by atoms with E-state index in [1.807, 2.05) is 0 Å². The van der Waals surface area contributed by atoms with Crippen molar-refractivity contribution in [2.75, 3.05) is 13.7 Å². The van der Waals surface area contributed by atoms with Crippen molar-refractivity contribution in [3.05, 3.63) is 34.1 Å². The summed E-state index contributed by atoms with van der Waals surface area (Å²) in [6.07, 6.45) is 0. The van der Waals surface area contributed by atoms with E-state index in [1.54, 1.807) is 0 Å². The van der Waals surface area contributed by atoms with Gasteiger partial charge >= 0.3 is 5.97 Å². The van der Waals surface area contributed by atoms with Crippen molar-refractivity contribution in [1.29, 1.82) is 0 Å². The molecule has 1 rings (SSSR count). The molecule has 0 saturated heterocycles. The number of carboxylic acids is 1. The third-order valence-electron chi connectivity index (χ3n) is 2.39. The van der Waals surface area contributed by atoms with Crippen molar-refractivity contribution in [2.24, 2.45) is 5.73 Å². The van der Waals surface area contributed by atoms with Gasteiger partial charge in [-0.3, -0.25) is 4.79 Å². The summed E-state index contributed by atoms with van der Waals surface area (Å²) in [5, 5.41) is 9.05. The molecule has 0 saturated carbocycles. The minimum absolute atomic E-state index is 0.0330. The Morgan fingerprint density at radius 2 is 2.29 bits per heavy atom. The Hall–Kier alpha value is -1.17. The van der Waals surface area contributed by atoms with E-state index < -0.39 is 17.7 Å². The number of rotatable bonds is 5. The highest BCUT2D eigenvalue weighted by Gasteiger charge is 2.21. The van der Waals surface area contributed by atoms with Gasteiger partial charge < -0.3 is 15.6 Å². The highest BCUT2D eigenvalue weighted by molar-refractivity contribution is 6.31. The Balaban J connectivity index is 3.17. The zero-order valence-electron chi connectivity index (χ0n) is 9.24. The zero-order valence-corrected chi connectivity index (χ0v) is 10.00. The van der Waals surface area contributed by atoms with E-state index in [9.17, 15) is 9.18 Å². The maximum absolute atomic E-state index is 13.7. The summed E-state index contributed by atoms with van der Waals surface area (Å²) in [5.41, 5.74) is 5.79. The standard InChI is InChI=1S/C11H13ClFNO3/c1-17-5-8-9(12)2-6(3-10(8)13)7(4-14)11(15)16/h2-3,7H,4-5,14H2,1H3,(H,15,16). The fraction of sp³-hybridized carbons (Fsp3) is 0.364. The molecule has 0 bridgehead atoms. The smallest absolute Gasteiger partial charge is 0.312 e. The van der Waals surface area contributed by atoms with Crippen LogP contribution in [0.5, 0.6) is 0 Å². The predicted octanol–water partition coefficient (Wildman–Crippen LogP) is 1.75. The van der Waals surface area contributed by atoms with Gasteiger partial charge in [-0.1, -0.05) is 11.6 Å². The molecule has 94 valence electrons. The van der Waals surface area contributed by atoms with Crippen molar-refractivity contribution >= 4 is 17.6 Å². The van der Waals surface area contributed by atoms with Crippen LogP contribution >= 0.6 is 11.6 Å². The molecule has 0 aliphatic carbocycles. The lowest BCUT2D eigenvalue weighted by Crippen LogP contribution is -2.21. The van der Waals surface area contributed by atoms with Crippen LogP contribution in [0.1, 0.15) is 17.0 Å². The fourth-order valence-electron chi connectivity index (χ4n) is 1.49. The largest absolute Gasteiger partial charge is 0.481 e. The van der Waals surface area contributed by atoms with Crippen LogP contribution in [0.3, 0.4) is 0 Å². The predicted molar refractivity (Wildman–Crippen MR) is 61.6 cm³/mol. The molecule has 6 heteroatoms. The number of ether oxygens (including phenoxy) is 1.